The highest BCUT2D eigenvalue weighted by Crippen LogP contribution is 2.32. The largest absolute Gasteiger partial charge is 0.422 e. The van der Waals surface area contributed by atoms with Crippen molar-refractivity contribution in [1.29, 1.82) is 0 Å². The number of hydrogen-bond donors (Lipinski definition) is 1. The molecule has 1 aromatic carbocycles. The minimum atomic E-state index is -0.679. The molecule has 4 rings (SSSR count). The van der Waals surface area contributed by atoms with Crippen LogP contribution in [-0.2, 0) is 0 Å². The smallest absolute Gasteiger partial charge is 0.349 e. The Hall–Kier alpha value is -3.32. The molecular formula is C19H13N3O3S. The summed E-state index contributed by atoms with van der Waals surface area (Å²) in [4.78, 5) is 34.0. The summed E-state index contributed by atoms with van der Waals surface area (Å²) in [5.74, 6) is -0.545. The minimum Gasteiger partial charge on any atom is -0.422 e. The normalized spacial score (nSPS) is 10.8. The second-order valence-corrected chi connectivity index (χ2v) is 6.61. The van der Waals surface area contributed by atoms with Gasteiger partial charge in [0.15, 0.2) is 5.13 Å². The molecule has 0 fully saturated rings. The number of carbonyl (C=O) groups is 1. The van der Waals surface area contributed by atoms with Crippen molar-refractivity contribution in [2.75, 3.05) is 5.32 Å². The summed E-state index contributed by atoms with van der Waals surface area (Å²) in [7, 11) is 0. The van der Waals surface area contributed by atoms with E-state index in [4.69, 9.17) is 4.42 Å². The molecule has 4 aromatic rings. The van der Waals surface area contributed by atoms with Crippen molar-refractivity contribution in [3.05, 3.63) is 76.5 Å². The van der Waals surface area contributed by atoms with Gasteiger partial charge in [-0.3, -0.25) is 15.1 Å². The molecule has 0 saturated heterocycles. The molecule has 0 aliphatic carbocycles. The molecule has 0 saturated carbocycles. The van der Waals surface area contributed by atoms with Gasteiger partial charge in [-0.25, -0.2) is 9.78 Å². The maximum Gasteiger partial charge on any atom is 0.349 e. The van der Waals surface area contributed by atoms with Gasteiger partial charge in [0.05, 0.1) is 10.6 Å². The first-order valence-electron chi connectivity index (χ1n) is 7.84. The molecule has 0 aliphatic rings. The monoisotopic (exact) mass is 363 g/mol. The predicted octanol–water partition coefficient (Wildman–Crippen LogP) is 3.87. The minimum absolute atomic E-state index is 0.0560. The first-order valence-corrected chi connectivity index (χ1v) is 8.65. The molecule has 3 aromatic heterocycles. The zero-order valence-corrected chi connectivity index (χ0v) is 14.5. The number of nitrogens with one attached hydrogen (secondary N) is 1. The third-order valence-electron chi connectivity index (χ3n) is 3.83. The van der Waals surface area contributed by atoms with Crippen molar-refractivity contribution in [2.24, 2.45) is 0 Å². The zero-order chi connectivity index (χ0) is 18.1. The molecule has 1 amide bonds. The summed E-state index contributed by atoms with van der Waals surface area (Å²) in [6.07, 6.45) is 3.44. The number of aromatic nitrogens is 2. The molecule has 6 nitrogen and oxygen atoms in total. The van der Waals surface area contributed by atoms with Gasteiger partial charge in [-0.1, -0.05) is 35.6 Å². The van der Waals surface area contributed by atoms with Crippen molar-refractivity contribution >= 4 is 33.3 Å². The van der Waals surface area contributed by atoms with Gasteiger partial charge in [0, 0.05) is 23.3 Å². The van der Waals surface area contributed by atoms with Gasteiger partial charge < -0.3 is 4.42 Å². The van der Waals surface area contributed by atoms with Crippen LogP contribution in [0.1, 0.15) is 16.1 Å². The lowest BCUT2D eigenvalue weighted by Gasteiger charge is -2.02. The highest BCUT2D eigenvalue weighted by atomic mass is 32.1. The van der Waals surface area contributed by atoms with Crippen LogP contribution in [0.5, 0.6) is 0 Å². The van der Waals surface area contributed by atoms with Crippen LogP contribution < -0.4 is 10.9 Å². The number of thiazole rings is 1. The van der Waals surface area contributed by atoms with E-state index >= 15 is 0 Å². The topological polar surface area (TPSA) is 85.1 Å². The van der Waals surface area contributed by atoms with Crippen molar-refractivity contribution in [1.82, 2.24) is 9.97 Å². The lowest BCUT2D eigenvalue weighted by Crippen LogP contribution is -2.20. The van der Waals surface area contributed by atoms with Crippen molar-refractivity contribution in [3.8, 4) is 10.4 Å². The molecule has 0 spiro atoms. The Morgan fingerprint density at radius 3 is 2.85 bits per heavy atom. The summed E-state index contributed by atoms with van der Waals surface area (Å²) >= 11 is 1.33. The van der Waals surface area contributed by atoms with Crippen molar-refractivity contribution < 1.29 is 9.21 Å². The van der Waals surface area contributed by atoms with Crippen LogP contribution in [0.15, 0.2) is 64.1 Å². The third-order valence-corrected chi connectivity index (χ3v) is 4.95. The number of nitrogens with zero attached hydrogens (tertiary/aromatic N) is 2. The van der Waals surface area contributed by atoms with Gasteiger partial charge in [0.25, 0.3) is 5.91 Å². The van der Waals surface area contributed by atoms with E-state index in [9.17, 15) is 9.59 Å². The first kappa shape index (κ1) is 16.2. The van der Waals surface area contributed by atoms with Crippen LogP contribution in [0.25, 0.3) is 21.4 Å². The van der Waals surface area contributed by atoms with Crippen LogP contribution in [0, 0.1) is 6.92 Å². The van der Waals surface area contributed by atoms with Crippen LogP contribution in [0.2, 0.25) is 0 Å². The van der Waals surface area contributed by atoms with E-state index in [0.29, 0.717) is 16.1 Å². The Bertz CT molecular complexity index is 1170. The summed E-state index contributed by atoms with van der Waals surface area (Å²) < 4.78 is 5.21. The fourth-order valence-electron chi connectivity index (χ4n) is 2.60. The van der Waals surface area contributed by atoms with Crippen LogP contribution in [0.3, 0.4) is 0 Å². The average Bonchev–Trinajstić information content (AvgIpc) is 3.02. The number of fused-ring (bicyclic) bond motifs is 1. The van der Waals surface area contributed by atoms with E-state index in [-0.39, 0.29) is 5.56 Å². The number of rotatable bonds is 3. The summed E-state index contributed by atoms with van der Waals surface area (Å²) in [5, 5.41) is 3.78. The van der Waals surface area contributed by atoms with Gasteiger partial charge in [-0.2, -0.15) is 0 Å². The standard InChI is InChI=1S/C19H13N3O3S/c1-11-16(13-6-4-8-20-10-13)26-19(21-11)22-17(23)14-9-12-5-2-3-7-15(12)25-18(14)24/h2-10H,1H3,(H,21,22,23). The van der Waals surface area contributed by atoms with Crippen LogP contribution in [0.4, 0.5) is 5.13 Å². The number of aryl methyl sites for hydroxylation is 1. The van der Waals surface area contributed by atoms with Gasteiger partial charge in [0.2, 0.25) is 0 Å². The molecule has 3 heterocycles. The van der Waals surface area contributed by atoms with E-state index in [1.165, 1.54) is 17.4 Å². The van der Waals surface area contributed by atoms with E-state index in [2.05, 4.69) is 15.3 Å². The Morgan fingerprint density at radius 2 is 2.04 bits per heavy atom. The fourth-order valence-corrected chi connectivity index (χ4v) is 3.55. The molecule has 1 N–H and O–H groups in total. The summed E-state index contributed by atoms with van der Waals surface area (Å²) in [6.45, 7) is 1.86. The van der Waals surface area contributed by atoms with E-state index < -0.39 is 11.5 Å². The van der Waals surface area contributed by atoms with Gasteiger partial charge in [-0.15, -0.1) is 0 Å². The lowest BCUT2D eigenvalue weighted by molar-refractivity contribution is 0.102. The molecule has 128 valence electrons. The SMILES string of the molecule is Cc1nc(NC(=O)c2cc3ccccc3oc2=O)sc1-c1cccnc1. The molecule has 0 atom stereocenters. The maximum absolute atomic E-state index is 12.5. The number of anilines is 1. The van der Waals surface area contributed by atoms with Crippen molar-refractivity contribution in [2.45, 2.75) is 6.92 Å². The number of amides is 1. The zero-order valence-electron chi connectivity index (χ0n) is 13.7. The number of benzene rings is 1. The Morgan fingerprint density at radius 1 is 1.19 bits per heavy atom. The second kappa shape index (κ2) is 6.53. The van der Waals surface area contributed by atoms with E-state index in [1.807, 2.05) is 25.1 Å². The average molecular weight is 363 g/mol. The fraction of sp³-hybridized carbons (Fsp3) is 0.0526. The summed E-state index contributed by atoms with van der Waals surface area (Å²) in [5.41, 5.74) is 1.41. The number of para-hydroxylation sites is 1. The van der Waals surface area contributed by atoms with Gasteiger partial charge >= 0.3 is 5.63 Å². The summed E-state index contributed by atoms with van der Waals surface area (Å²) in [6, 6.07) is 12.3. The maximum atomic E-state index is 12.5. The molecule has 7 heteroatoms. The number of carbonyl (C=O) groups excluding carboxylic acids is 1. The van der Waals surface area contributed by atoms with E-state index in [1.54, 1.807) is 30.6 Å². The second-order valence-electron chi connectivity index (χ2n) is 5.61. The lowest BCUT2D eigenvalue weighted by atomic mass is 10.2. The Balaban J connectivity index is 1.65. The molecule has 0 bridgehead atoms. The van der Waals surface area contributed by atoms with Crippen molar-refractivity contribution in [3.63, 3.8) is 0 Å². The van der Waals surface area contributed by atoms with E-state index in [0.717, 1.165) is 16.1 Å². The quantitative estimate of drug-likeness (QED) is 0.559. The van der Waals surface area contributed by atoms with Gasteiger partial charge in [-0.05, 0) is 25.1 Å². The number of pyridine rings is 1. The highest BCUT2D eigenvalue weighted by Gasteiger charge is 2.17. The molecule has 26 heavy (non-hydrogen) atoms. The first-order chi connectivity index (χ1) is 12.6. The van der Waals surface area contributed by atoms with Crippen LogP contribution in [-0.4, -0.2) is 15.9 Å². The number of hydrogen-bond acceptors (Lipinski definition) is 6. The highest BCUT2D eigenvalue weighted by molar-refractivity contribution is 7.19. The molecular weight excluding hydrogens is 350 g/mol. The Labute approximate surface area is 152 Å². The Kier molecular flexibility index (Phi) is 4.06. The molecule has 0 unspecified atom stereocenters. The third kappa shape index (κ3) is 3.00. The van der Waals surface area contributed by atoms with Gasteiger partial charge in [0.1, 0.15) is 11.1 Å². The predicted molar refractivity (Wildman–Crippen MR) is 101 cm³/mol. The molecule has 0 radical (unpaired) electrons. The van der Waals surface area contributed by atoms with Crippen LogP contribution >= 0.6 is 11.3 Å². The molecule has 0 aliphatic heterocycles.